The van der Waals surface area contributed by atoms with E-state index < -0.39 is 0 Å². The fraction of sp³-hybridized carbons (Fsp3) is 0.462. The van der Waals surface area contributed by atoms with Gasteiger partial charge in [0.2, 0.25) is 0 Å². The van der Waals surface area contributed by atoms with Gasteiger partial charge in [0.1, 0.15) is 5.82 Å². The third-order valence-electron chi connectivity index (χ3n) is 3.78. The number of hydrogen-bond donors (Lipinski definition) is 2. The lowest BCUT2D eigenvalue weighted by Gasteiger charge is -2.14. The van der Waals surface area contributed by atoms with Crippen molar-refractivity contribution >= 4 is 22.6 Å². The summed E-state index contributed by atoms with van der Waals surface area (Å²) in [7, 11) is 0. The van der Waals surface area contributed by atoms with Gasteiger partial charge in [0, 0.05) is 10.9 Å². The van der Waals surface area contributed by atoms with Gasteiger partial charge in [-0.15, -0.1) is 0 Å². The molecule has 1 aliphatic carbocycles. The van der Waals surface area contributed by atoms with Crippen molar-refractivity contribution in [3.8, 4) is 0 Å². The molecule has 1 aromatic heterocycles. The summed E-state index contributed by atoms with van der Waals surface area (Å²) in [4.78, 5) is 8.06. The molecule has 1 saturated carbocycles. The molecule has 2 atom stereocenters. The maximum Gasteiger partial charge on any atom is 0.110 e. The molecule has 0 spiro atoms. The van der Waals surface area contributed by atoms with Crippen LogP contribution >= 0.6 is 11.6 Å². The van der Waals surface area contributed by atoms with Gasteiger partial charge in [-0.2, -0.15) is 0 Å². The van der Waals surface area contributed by atoms with E-state index in [1.165, 1.54) is 19.3 Å². The highest BCUT2D eigenvalue weighted by Crippen LogP contribution is 2.38. The number of nitrogens with two attached hydrogens (primary N) is 1. The van der Waals surface area contributed by atoms with E-state index in [0.29, 0.717) is 11.8 Å². The van der Waals surface area contributed by atoms with Crippen molar-refractivity contribution in [1.29, 1.82) is 0 Å². The zero-order chi connectivity index (χ0) is 11.8. The van der Waals surface area contributed by atoms with Gasteiger partial charge in [-0.25, -0.2) is 4.98 Å². The van der Waals surface area contributed by atoms with Crippen LogP contribution in [0.15, 0.2) is 18.2 Å². The first-order chi connectivity index (χ1) is 8.28. The fourth-order valence-corrected chi connectivity index (χ4v) is 3.03. The van der Waals surface area contributed by atoms with Crippen molar-refractivity contribution in [2.75, 3.05) is 6.54 Å². The van der Waals surface area contributed by atoms with Gasteiger partial charge in [-0.05, 0) is 43.5 Å². The molecule has 1 fully saturated rings. The van der Waals surface area contributed by atoms with Crippen LogP contribution in [-0.2, 0) is 0 Å². The molecular weight excluding hydrogens is 234 g/mol. The molecule has 1 aromatic carbocycles. The zero-order valence-corrected chi connectivity index (χ0v) is 10.4. The Labute approximate surface area is 105 Å². The molecule has 0 bridgehead atoms. The summed E-state index contributed by atoms with van der Waals surface area (Å²) in [6.45, 7) is 0.752. The second kappa shape index (κ2) is 4.31. The molecule has 17 heavy (non-hydrogen) atoms. The van der Waals surface area contributed by atoms with Crippen LogP contribution in [0.25, 0.3) is 11.0 Å². The number of halogens is 1. The van der Waals surface area contributed by atoms with Crippen molar-refractivity contribution < 1.29 is 0 Å². The van der Waals surface area contributed by atoms with Gasteiger partial charge >= 0.3 is 0 Å². The van der Waals surface area contributed by atoms with Crippen LogP contribution in [0.3, 0.4) is 0 Å². The molecule has 1 aliphatic rings. The van der Waals surface area contributed by atoms with Crippen molar-refractivity contribution in [1.82, 2.24) is 9.97 Å². The number of nitrogens with zero attached hydrogens (tertiary/aromatic N) is 1. The van der Waals surface area contributed by atoms with E-state index in [0.717, 1.165) is 28.4 Å². The molecule has 3 N–H and O–H groups in total. The molecule has 2 aromatic rings. The summed E-state index contributed by atoms with van der Waals surface area (Å²) < 4.78 is 0. The molecule has 2 unspecified atom stereocenters. The lowest BCUT2D eigenvalue weighted by molar-refractivity contribution is 0.481. The molecule has 0 aliphatic heterocycles. The van der Waals surface area contributed by atoms with Crippen LogP contribution < -0.4 is 5.73 Å². The van der Waals surface area contributed by atoms with Crippen molar-refractivity contribution in [2.24, 2.45) is 11.7 Å². The smallest absolute Gasteiger partial charge is 0.110 e. The van der Waals surface area contributed by atoms with Gasteiger partial charge in [0.15, 0.2) is 0 Å². The number of rotatable bonds is 2. The van der Waals surface area contributed by atoms with Gasteiger partial charge in [0.05, 0.1) is 11.0 Å². The normalized spacial score (nSPS) is 24.6. The molecule has 0 amide bonds. The fourth-order valence-electron chi connectivity index (χ4n) is 2.86. The molecule has 1 heterocycles. The maximum atomic E-state index is 5.98. The summed E-state index contributed by atoms with van der Waals surface area (Å²) >= 11 is 5.98. The van der Waals surface area contributed by atoms with Crippen LogP contribution in [0.5, 0.6) is 0 Å². The Morgan fingerprint density at radius 1 is 1.41 bits per heavy atom. The topological polar surface area (TPSA) is 54.7 Å². The van der Waals surface area contributed by atoms with Crippen LogP contribution in [0.4, 0.5) is 0 Å². The highest BCUT2D eigenvalue weighted by atomic mass is 35.5. The predicted octanol–water partition coefficient (Wildman–Crippen LogP) is 3.06. The molecule has 3 nitrogen and oxygen atoms in total. The first kappa shape index (κ1) is 11.1. The quantitative estimate of drug-likeness (QED) is 0.860. The minimum atomic E-state index is 0.492. The summed E-state index contributed by atoms with van der Waals surface area (Å²) in [5.41, 5.74) is 7.83. The Bertz CT molecular complexity index is 534. The number of aromatic amines is 1. The van der Waals surface area contributed by atoms with Gasteiger partial charge in [-0.3, -0.25) is 0 Å². The predicted molar refractivity (Wildman–Crippen MR) is 70.2 cm³/mol. The highest BCUT2D eigenvalue weighted by molar-refractivity contribution is 6.31. The maximum absolute atomic E-state index is 5.98. The van der Waals surface area contributed by atoms with Crippen LogP contribution in [0.1, 0.15) is 31.0 Å². The molecule has 4 heteroatoms. The Morgan fingerprint density at radius 3 is 3.12 bits per heavy atom. The van der Waals surface area contributed by atoms with Crippen LogP contribution in [0.2, 0.25) is 5.02 Å². The Balaban J connectivity index is 2.00. The van der Waals surface area contributed by atoms with Gasteiger partial charge in [-0.1, -0.05) is 18.0 Å². The molecule has 3 rings (SSSR count). The van der Waals surface area contributed by atoms with Crippen LogP contribution in [-0.4, -0.2) is 16.5 Å². The van der Waals surface area contributed by atoms with Gasteiger partial charge in [0.25, 0.3) is 0 Å². The van der Waals surface area contributed by atoms with E-state index in [9.17, 15) is 0 Å². The number of imidazole rings is 1. The lowest BCUT2D eigenvalue weighted by atomic mass is 9.96. The van der Waals surface area contributed by atoms with E-state index >= 15 is 0 Å². The van der Waals surface area contributed by atoms with Crippen LogP contribution in [0, 0.1) is 5.92 Å². The second-order valence-corrected chi connectivity index (χ2v) is 5.25. The first-order valence-corrected chi connectivity index (χ1v) is 6.51. The number of nitrogens with one attached hydrogen (secondary N) is 1. The third-order valence-corrected chi connectivity index (χ3v) is 4.01. The summed E-state index contributed by atoms with van der Waals surface area (Å²) in [6.07, 6.45) is 3.67. The van der Waals surface area contributed by atoms with Gasteiger partial charge < -0.3 is 10.7 Å². The monoisotopic (exact) mass is 249 g/mol. The minimum Gasteiger partial charge on any atom is -0.342 e. The molecule has 0 saturated heterocycles. The van der Waals surface area contributed by atoms with E-state index in [-0.39, 0.29) is 0 Å². The van der Waals surface area contributed by atoms with Crippen molar-refractivity contribution in [3.63, 3.8) is 0 Å². The Hall–Kier alpha value is -1.06. The van der Waals surface area contributed by atoms with E-state index in [4.69, 9.17) is 17.3 Å². The lowest BCUT2D eigenvalue weighted by Crippen LogP contribution is -2.17. The Morgan fingerprint density at radius 2 is 2.29 bits per heavy atom. The third kappa shape index (κ3) is 1.94. The SMILES string of the molecule is NCC1CCCC1c1nc2ccc(Cl)cc2[nH]1. The summed E-state index contributed by atoms with van der Waals surface area (Å²) in [5.74, 6) is 2.15. The highest BCUT2D eigenvalue weighted by Gasteiger charge is 2.29. The average molecular weight is 250 g/mol. The second-order valence-electron chi connectivity index (χ2n) is 4.82. The standard InChI is InChI=1S/C13H16ClN3/c14-9-4-5-11-12(6-9)17-13(16-11)10-3-1-2-8(10)7-15/h4-6,8,10H,1-3,7,15H2,(H,16,17). The largest absolute Gasteiger partial charge is 0.342 e. The summed E-state index contributed by atoms with van der Waals surface area (Å²) in [5, 5.41) is 0.745. The zero-order valence-electron chi connectivity index (χ0n) is 9.62. The number of hydrogen-bond acceptors (Lipinski definition) is 2. The van der Waals surface area contributed by atoms with E-state index in [1.54, 1.807) is 0 Å². The van der Waals surface area contributed by atoms with E-state index in [2.05, 4.69) is 9.97 Å². The Kier molecular flexibility index (Phi) is 2.81. The summed E-state index contributed by atoms with van der Waals surface area (Å²) in [6, 6.07) is 5.77. The molecule has 90 valence electrons. The minimum absolute atomic E-state index is 0.492. The number of H-pyrrole nitrogens is 1. The molecular formula is C13H16ClN3. The average Bonchev–Trinajstić information content (AvgIpc) is 2.93. The van der Waals surface area contributed by atoms with E-state index in [1.807, 2.05) is 18.2 Å². The van der Waals surface area contributed by atoms with Crippen molar-refractivity contribution in [3.05, 3.63) is 29.0 Å². The molecule has 0 radical (unpaired) electrons. The number of fused-ring (bicyclic) bond motifs is 1. The number of benzene rings is 1. The van der Waals surface area contributed by atoms with Crippen molar-refractivity contribution in [2.45, 2.75) is 25.2 Å². The first-order valence-electron chi connectivity index (χ1n) is 6.13. The number of aromatic nitrogens is 2.